The molecule has 1 N–H and O–H groups in total. The molecule has 0 heterocycles. The fraction of sp³-hybridized carbons (Fsp3) is 0.333. The lowest BCUT2D eigenvalue weighted by Crippen LogP contribution is -2.01. The average molecular weight is 197 g/mol. The second-order valence-electron chi connectivity index (χ2n) is 2.83. The molecule has 0 amide bonds. The van der Waals surface area contributed by atoms with Crippen LogP contribution in [0.5, 0.6) is 5.75 Å². The Hall–Kier alpha value is -1.62. The predicted molar refractivity (Wildman–Crippen MR) is 50.3 cm³/mol. The van der Waals surface area contributed by atoms with Crippen molar-refractivity contribution in [3.05, 3.63) is 33.9 Å². The molecule has 5 nitrogen and oxygen atoms in total. The van der Waals surface area contributed by atoms with Crippen molar-refractivity contribution in [1.29, 1.82) is 0 Å². The lowest BCUT2D eigenvalue weighted by atomic mass is 10.1. The summed E-state index contributed by atoms with van der Waals surface area (Å²) in [5.74, 6) is 0.161. The van der Waals surface area contributed by atoms with E-state index in [0.29, 0.717) is 0 Å². The first-order valence-corrected chi connectivity index (χ1v) is 4.07. The summed E-state index contributed by atoms with van der Waals surface area (Å²) in [6.45, 7) is 1.47. The molecule has 0 bridgehead atoms. The molecule has 0 saturated heterocycles. The van der Waals surface area contributed by atoms with Gasteiger partial charge < -0.3 is 9.84 Å². The van der Waals surface area contributed by atoms with Crippen LogP contribution in [0.25, 0.3) is 0 Å². The van der Waals surface area contributed by atoms with E-state index in [1.54, 1.807) is 6.07 Å². The topological polar surface area (TPSA) is 72.6 Å². The zero-order valence-corrected chi connectivity index (χ0v) is 7.93. The maximum absolute atomic E-state index is 10.7. The second-order valence-corrected chi connectivity index (χ2v) is 2.83. The lowest BCUT2D eigenvalue weighted by molar-refractivity contribution is -0.387. The first-order chi connectivity index (χ1) is 6.57. The Labute approximate surface area is 81.1 Å². The molecule has 1 rings (SSSR count). The van der Waals surface area contributed by atoms with Crippen molar-refractivity contribution in [1.82, 2.24) is 0 Å². The van der Waals surface area contributed by atoms with Gasteiger partial charge in [0.2, 0.25) is 0 Å². The summed E-state index contributed by atoms with van der Waals surface area (Å²) < 4.78 is 4.84. The molecular weight excluding hydrogens is 186 g/mol. The van der Waals surface area contributed by atoms with Gasteiger partial charge in [-0.2, -0.15) is 0 Å². The van der Waals surface area contributed by atoms with Gasteiger partial charge in [0.25, 0.3) is 0 Å². The molecule has 14 heavy (non-hydrogen) atoms. The maximum Gasteiger partial charge on any atom is 0.316 e. The number of methoxy groups -OCH3 is 1. The van der Waals surface area contributed by atoms with Crippen molar-refractivity contribution in [2.24, 2.45) is 0 Å². The number of nitro groups is 1. The largest absolute Gasteiger partial charge is 0.490 e. The number of benzene rings is 1. The third kappa shape index (κ3) is 1.82. The van der Waals surface area contributed by atoms with Crippen LogP contribution in [0, 0.1) is 10.1 Å². The van der Waals surface area contributed by atoms with Crippen LogP contribution >= 0.6 is 0 Å². The first kappa shape index (κ1) is 10.5. The number of ether oxygens (including phenoxy) is 1. The van der Waals surface area contributed by atoms with Crippen molar-refractivity contribution < 1.29 is 14.8 Å². The maximum atomic E-state index is 10.7. The van der Waals surface area contributed by atoms with Gasteiger partial charge in [0.1, 0.15) is 0 Å². The monoisotopic (exact) mass is 197 g/mol. The Bertz CT molecular complexity index is 349. The van der Waals surface area contributed by atoms with Crippen LogP contribution in [0.1, 0.15) is 18.6 Å². The summed E-state index contributed by atoms with van der Waals surface area (Å²) in [6.07, 6.45) is -0.884. The minimum atomic E-state index is -0.884. The van der Waals surface area contributed by atoms with Crippen molar-refractivity contribution in [3.63, 3.8) is 0 Å². The molecule has 76 valence electrons. The number of nitro benzene ring substituents is 1. The van der Waals surface area contributed by atoms with E-state index in [4.69, 9.17) is 4.74 Å². The highest BCUT2D eigenvalue weighted by atomic mass is 16.6. The van der Waals surface area contributed by atoms with Gasteiger partial charge in [-0.1, -0.05) is 6.07 Å². The third-order valence-electron chi connectivity index (χ3n) is 1.88. The van der Waals surface area contributed by atoms with E-state index < -0.39 is 11.0 Å². The SMILES string of the molecule is COc1cccc([C@H](C)O)c1[N+](=O)[O-]. The molecule has 1 aromatic rings. The number of rotatable bonds is 3. The summed E-state index contributed by atoms with van der Waals surface area (Å²) in [5, 5.41) is 20.0. The van der Waals surface area contributed by atoms with Crippen molar-refractivity contribution in [2.45, 2.75) is 13.0 Å². The molecule has 0 spiro atoms. The Morgan fingerprint density at radius 2 is 2.21 bits per heavy atom. The molecular formula is C9H11NO4. The summed E-state index contributed by atoms with van der Waals surface area (Å²) >= 11 is 0. The van der Waals surface area contributed by atoms with Gasteiger partial charge in [0.05, 0.1) is 23.7 Å². The summed E-state index contributed by atoms with van der Waals surface area (Å²) in [6, 6.07) is 4.60. The Kier molecular flexibility index (Phi) is 3.03. The molecule has 0 aromatic heterocycles. The highest BCUT2D eigenvalue weighted by Crippen LogP contribution is 2.33. The minimum Gasteiger partial charge on any atom is -0.490 e. The Balaban J connectivity index is 3.35. The van der Waals surface area contributed by atoms with Gasteiger partial charge >= 0.3 is 5.69 Å². The highest BCUT2D eigenvalue weighted by molar-refractivity contribution is 5.53. The van der Waals surface area contributed by atoms with E-state index in [1.807, 2.05) is 0 Å². The van der Waals surface area contributed by atoms with Crippen LogP contribution in [-0.2, 0) is 0 Å². The predicted octanol–water partition coefficient (Wildman–Crippen LogP) is 1.66. The standard InChI is InChI=1S/C9H11NO4/c1-6(11)7-4-3-5-8(14-2)9(7)10(12)13/h3-6,11H,1-2H3/t6-/m0/s1. The van der Waals surface area contributed by atoms with E-state index in [1.165, 1.54) is 26.2 Å². The van der Waals surface area contributed by atoms with Gasteiger partial charge in [-0.25, -0.2) is 0 Å². The summed E-state index contributed by atoms with van der Waals surface area (Å²) in [4.78, 5) is 10.2. The number of nitrogens with zero attached hydrogens (tertiary/aromatic N) is 1. The Morgan fingerprint density at radius 3 is 2.64 bits per heavy atom. The second kappa shape index (κ2) is 4.06. The van der Waals surface area contributed by atoms with E-state index in [-0.39, 0.29) is 17.0 Å². The smallest absolute Gasteiger partial charge is 0.316 e. The number of para-hydroxylation sites is 1. The normalized spacial score (nSPS) is 12.2. The van der Waals surface area contributed by atoms with Crippen molar-refractivity contribution in [3.8, 4) is 5.75 Å². The molecule has 0 aliphatic heterocycles. The fourth-order valence-electron chi connectivity index (χ4n) is 1.24. The van der Waals surface area contributed by atoms with E-state index in [2.05, 4.69) is 0 Å². The van der Waals surface area contributed by atoms with Crippen LogP contribution in [0.4, 0.5) is 5.69 Å². The summed E-state index contributed by atoms with van der Waals surface area (Å²) in [7, 11) is 1.36. The van der Waals surface area contributed by atoms with Crippen LogP contribution in [-0.4, -0.2) is 17.1 Å². The molecule has 0 fully saturated rings. The number of aliphatic hydroxyl groups excluding tert-OH is 1. The van der Waals surface area contributed by atoms with Gasteiger partial charge in [-0.3, -0.25) is 10.1 Å². The van der Waals surface area contributed by atoms with E-state index >= 15 is 0 Å². The van der Waals surface area contributed by atoms with Crippen molar-refractivity contribution in [2.75, 3.05) is 7.11 Å². The quantitative estimate of drug-likeness (QED) is 0.590. The van der Waals surface area contributed by atoms with Crippen LogP contribution < -0.4 is 4.74 Å². The molecule has 0 saturated carbocycles. The molecule has 5 heteroatoms. The molecule has 1 atom stereocenters. The molecule has 0 radical (unpaired) electrons. The Morgan fingerprint density at radius 1 is 1.57 bits per heavy atom. The molecule has 0 aliphatic rings. The number of hydrogen-bond donors (Lipinski definition) is 1. The zero-order valence-electron chi connectivity index (χ0n) is 7.93. The fourth-order valence-corrected chi connectivity index (χ4v) is 1.24. The van der Waals surface area contributed by atoms with Gasteiger partial charge in [-0.15, -0.1) is 0 Å². The molecule has 0 unspecified atom stereocenters. The number of hydrogen-bond acceptors (Lipinski definition) is 4. The summed E-state index contributed by atoms with van der Waals surface area (Å²) in [5.41, 5.74) is 0.0827. The highest BCUT2D eigenvalue weighted by Gasteiger charge is 2.22. The minimum absolute atomic E-state index is 0.161. The van der Waals surface area contributed by atoms with Crippen molar-refractivity contribution >= 4 is 5.69 Å². The first-order valence-electron chi connectivity index (χ1n) is 4.07. The van der Waals surface area contributed by atoms with Crippen LogP contribution in [0.15, 0.2) is 18.2 Å². The molecule has 0 aliphatic carbocycles. The van der Waals surface area contributed by atoms with E-state index in [0.717, 1.165) is 0 Å². The van der Waals surface area contributed by atoms with Crippen LogP contribution in [0.2, 0.25) is 0 Å². The lowest BCUT2D eigenvalue weighted by Gasteiger charge is -2.08. The van der Waals surface area contributed by atoms with Crippen LogP contribution in [0.3, 0.4) is 0 Å². The zero-order chi connectivity index (χ0) is 10.7. The average Bonchev–Trinajstić information content (AvgIpc) is 2.16. The number of aliphatic hydroxyl groups is 1. The van der Waals surface area contributed by atoms with Gasteiger partial charge in [0, 0.05) is 0 Å². The van der Waals surface area contributed by atoms with Gasteiger partial charge in [0.15, 0.2) is 5.75 Å². The van der Waals surface area contributed by atoms with Gasteiger partial charge in [-0.05, 0) is 19.1 Å². The van der Waals surface area contributed by atoms with E-state index in [9.17, 15) is 15.2 Å². The third-order valence-corrected chi connectivity index (χ3v) is 1.88. The molecule has 1 aromatic carbocycles.